The molecule has 0 aromatic heterocycles. The minimum absolute atomic E-state index is 0.123. The van der Waals surface area contributed by atoms with E-state index in [0.717, 1.165) is 60.7 Å². The lowest BCUT2D eigenvalue weighted by Crippen LogP contribution is -2.22. The first-order valence-corrected chi connectivity index (χ1v) is 26.4. The molecule has 0 bridgehead atoms. The van der Waals surface area contributed by atoms with Gasteiger partial charge in [0.25, 0.3) is 0 Å². The summed E-state index contributed by atoms with van der Waals surface area (Å²) in [6.45, 7) is 59.9. The van der Waals surface area contributed by atoms with Crippen LogP contribution in [0.2, 0.25) is 0 Å². The summed E-state index contributed by atoms with van der Waals surface area (Å²) >= 11 is 0. The fourth-order valence-corrected chi connectivity index (χ4v) is 11.0. The topological polar surface area (TPSA) is 244 Å². The summed E-state index contributed by atoms with van der Waals surface area (Å²) < 4.78 is 192. The van der Waals surface area contributed by atoms with E-state index in [4.69, 9.17) is 52.6 Å². The summed E-state index contributed by atoms with van der Waals surface area (Å²) in [5, 5.41) is 77.9. The van der Waals surface area contributed by atoms with E-state index in [1.54, 1.807) is 30.3 Å². The number of ether oxygens (including phenoxy) is 2. The van der Waals surface area contributed by atoms with Gasteiger partial charge in [0.15, 0.2) is 22.7 Å². The third kappa shape index (κ3) is 11.3. The van der Waals surface area contributed by atoms with Gasteiger partial charge < -0.3 is 9.47 Å². The average Bonchev–Trinajstić information content (AvgIpc) is 1.54. The second kappa shape index (κ2) is 26.1. The van der Waals surface area contributed by atoms with Crippen LogP contribution in [-0.4, -0.2) is 12.7 Å². The summed E-state index contributed by atoms with van der Waals surface area (Å²) in [5.74, 6) is -13.6. The lowest BCUT2D eigenvalue weighted by molar-refractivity contribution is -0.277. The number of nitrogens with zero attached hydrogens (tertiary/aromatic N) is 16. The van der Waals surface area contributed by atoms with Gasteiger partial charge >= 0.3 is 12.7 Å². The zero-order chi connectivity index (χ0) is 73.3. The number of halogens is 12. The van der Waals surface area contributed by atoms with Crippen molar-refractivity contribution in [2.24, 2.45) is 0 Å². The van der Waals surface area contributed by atoms with Crippen LogP contribution in [0.25, 0.3) is 106 Å². The third-order valence-corrected chi connectivity index (χ3v) is 14.6. The van der Waals surface area contributed by atoms with Crippen molar-refractivity contribution in [1.29, 1.82) is 42.1 Å². The highest BCUT2D eigenvalue weighted by atomic mass is 19.4. The summed E-state index contributed by atoms with van der Waals surface area (Å²) in [6, 6.07) is 24.9. The Bertz CT molecular complexity index is 5480. The predicted molar refractivity (Wildman–Crippen MR) is 324 cm³/mol. The Labute approximate surface area is 553 Å². The van der Waals surface area contributed by atoms with Gasteiger partial charge in [-0.05, 0) is 58.7 Å². The number of fused-ring (bicyclic) bond motifs is 4. The molecule has 6 aromatic carbocycles. The SMILES string of the molecule is [C-]#[N+]C1=C(F)/C(=C(/C#N)c2cc([N+]#[C-])cc([N+]#[C-])c2)c2c(F)c3c(c(F)c21)/C(=C(\[N+]#[C-])c1cc(C#N)cc(C#N)c1)C(F)=C3C#N.[C-]#[N+]C1=C(F)/C(=C(/C#N)c2cc([N+]#[C-])cc([N+]#[C-])c2)c2c(OC(F)(F)F)c3c(c(OC(F)(F)F)c21)/C(=C(\[N+]#[C-])c1cc(C#N)cc(C#N)c1)C(F)=C3C#N. The van der Waals surface area contributed by atoms with Crippen LogP contribution in [0.15, 0.2) is 96.1 Å². The number of nitriles is 8. The van der Waals surface area contributed by atoms with Gasteiger partial charge in [-0.3, -0.25) is 0 Å². The fourth-order valence-electron chi connectivity index (χ4n) is 11.0. The second-order valence-corrected chi connectivity index (χ2v) is 19.9. The van der Waals surface area contributed by atoms with Gasteiger partial charge in [-0.25, -0.2) is 65.1 Å². The molecule has 0 radical (unpaired) electrons. The predicted octanol–water partition coefficient (Wildman–Crippen LogP) is 19.2. The number of hydrogen-bond acceptors (Lipinski definition) is 10. The van der Waals surface area contributed by atoms with E-state index in [0.29, 0.717) is 0 Å². The molecular weight excluding hydrogens is 1320 g/mol. The zero-order valence-electron chi connectivity index (χ0n) is 48.4. The molecule has 0 atom stereocenters. The Kier molecular flexibility index (Phi) is 17.8. The lowest BCUT2D eigenvalue weighted by Gasteiger charge is -2.24. The molecular formula is C70H12F12N16O2. The average molecular weight is 1340 g/mol. The highest BCUT2D eigenvalue weighted by Gasteiger charge is 2.50. The van der Waals surface area contributed by atoms with Crippen molar-refractivity contribution in [3.8, 4) is 60.1 Å². The molecule has 10 rings (SSSR count). The van der Waals surface area contributed by atoms with E-state index >= 15 is 26.3 Å². The minimum Gasteiger partial charge on any atom is -0.406 e. The quantitative estimate of drug-likeness (QED) is 0.0867. The van der Waals surface area contributed by atoms with Crippen LogP contribution in [0.4, 0.5) is 75.4 Å². The van der Waals surface area contributed by atoms with Crippen LogP contribution in [0, 0.1) is 155 Å². The van der Waals surface area contributed by atoms with Crippen molar-refractivity contribution in [2.45, 2.75) is 12.7 Å². The maximum atomic E-state index is 16.6. The molecule has 0 N–H and O–H groups in total. The Balaban J connectivity index is 0.000000236. The Morgan fingerprint density at radius 3 is 0.980 bits per heavy atom. The maximum absolute atomic E-state index is 16.6. The monoisotopic (exact) mass is 1340 g/mol. The number of rotatable bonds is 6. The van der Waals surface area contributed by atoms with Gasteiger partial charge in [-0.1, -0.05) is 36.4 Å². The molecule has 468 valence electrons. The van der Waals surface area contributed by atoms with Crippen LogP contribution < -0.4 is 9.47 Å². The number of benzene rings is 6. The Hall–Kier alpha value is -16.2. The van der Waals surface area contributed by atoms with E-state index in [9.17, 15) is 68.4 Å². The van der Waals surface area contributed by atoms with Gasteiger partial charge in [0.2, 0.25) is 22.8 Å². The van der Waals surface area contributed by atoms with E-state index < -0.39 is 182 Å². The first-order valence-electron chi connectivity index (χ1n) is 26.4. The van der Waals surface area contributed by atoms with Crippen LogP contribution in [0.3, 0.4) is 0 Å². The van der Waals surface area contributed by atoms with Crippen molar-refractivity contribution in [3.63, 3.8) is 0 Å². The van der Waals surface area contributed by atoms with Crippen LogP contribution >= 0.6 is 0 Å². The first kappa shape index (κ1) is 68.2. The normalized spacial score (nSPS) is 14.8. The number of alkyl halides is 6. The highest BCUT2D eigenvalue weighted by Crippen LogP contribution is 2.64. The summed E-state index contributed by atoms with van der Waals surface area (Å²) in [6.07, 6.45) is -11.7. The number of allylic oxidation sites excluding steroid dienone is 12. The molecule has 4 aliphatic carbocycles. The van der Waals surface area contributed by atoms with E-state index in [1.807, 2.05) is 0 Å². The largest absolute Gasteiger partial charge is 0.573 e. The fraction of sp³-hybridized carbons (Fsp3) is 0.0286. The van der Waals surface area contributed by atoms with E-state index in [1.165, 1.54) is 30.3 Å². The molecule has 30 heteroatoms. The van der Waals surface area contributed by atoms with E-state index in [2.05, 4.69) is 48.2 Å². The summed E-state index contributed by atoms with van der Waals surface area (Å²) in [7, 11) is 0. The molecule has 18 nitrogen and oxygen atoms in total. The number of hydrogen-bond donors (Lipinski definition) is 0. The third-order valence-electron chi connectivity index (χ3n) is 14.6. The molecule has 100 heavy (non-hydrogen) atoms. The van der Waals surface area contributed by atoms with Crippen LogP contribution in [0.1, 0.15) is 89.0 Å². The van der Waals surface area contributed by atoms with Crippen molar-refractivity contribution >= 4 is 90.1 Å². The summed E-state index contributed by atoms with van der Waals surface area (Å²) in [4.78, 5) is 24.8. The summed E-state index contributed by atoms with van der Waals surface area (Å²) in [5.41, 5.74) is -26.4. The van der Waals surface area contributed by atoms with Gasteiger partial charge in [-0.2, -0.15) is 42.1 Å². The molecule has 0 spiro atoms. The highest BCUT2D eigenvalue weighted by molar-refractivity contribution is 6.22. The van der Waals surface area contributed by atoms with Crippen molar-refractivity contribution in [1.82, 2.24) is 0 Å². The Morgan fingerprint density at radius 1 is 0.330 bits per heavy atom. The van der Waals surface area contributed by atoms with Gasteiger partial charge in [0.05, 0.1) is 121 Å². The molecule has 0 unspecified atom stereocenters. The van der Waals surface area contributed by atoms with E-state index in [-0.39, 0.29) is 56.1 Å². The standard InChI is InChI=1S/C36H6F8N8O2.C34H6F4N8/c1-49-19-8-17(9-20(10-19)50-2)21(13-47)23-25-28(32(52-4)30(23)38)34(54-36(42,43)44)26-24(33(25)53-35(39,40)41)22(14-48)29(37)27(26)31(51-3)18-6-15(11-45)5-16(7-18)12-46;1-43-19-8-17(9-20(10-19)44-2)21(13-41)23-25-28(34(46-4)32(23)38)31(37)26-24(30(25)36)22(14-42)29(35)27(26)33(45-3)18-6-15(11-39)5-16(7-18)12-40/h5-10H;5-10H/b23-21-,31-27+;23-21-,33-27+. The van der Waals surface area contributed by atoms with Crippen molar-refractivity contribution in [3.05, 3.63) is 288 Å². The van der Waals surface area contributed by atoms with Gasteiger partial charge in [0, 0.05) is 66.8 Å². The van der Waals surface area contributed by atoms with Crippen molar-refractivity contribution in [2.75, 3.05) is 0 Å². The molecule has 4 aliphatic rings. The smallest absolute Gasteiger partial charge is 0.406 e. The molecule has 6 aromatic rings. The molecule has 0 aliphatic heterocycles. The molecule has 0 saturated carbocycles. The first-order chi connectivity index (χ1) is 47.6. The molecule has 0 heterocycles. The molecule has 0 saturated heterocycles. The zero-order valence-corrected chi connectivity index (χ0v) is 48.4. The van der Waals surface area contributed by atoms with Crippen LogP contribution in [0.5, 0.6) is 11.5 Å². The molecule has 0 fully saturated rings. The second-order valence-electron chi connectivity index (χ2n) is 19.9. The lowest BCUT2D eigenvalue weighted by atomic mass is 9.88. The van der Waals surface area contributed by atoms with Gasteiger partial charge in [0.1, 0.15) is 70.7 Å². The molecule has 0 amide bonds. The van der Waals surface area contributed by atoms with Gasteiger partial charge in [-0.15, -0.1) is 26.3 Å². The maximum Gasteiger partial charge on any atom is 0.573 e. The van der Waals surface area contributed by atoms with Crippen LogP contribution in [-0.2, 0) is 0 Å². The Morgan fingerprint density at radius 2 is 0.650 bits per heavy atom. The van der Waals surface area contributed by atoms with Crippen molar-refractivity contribution < 1.29 is 62.2 Å². The minimum atomic E-state index is -5.86.